The van der Waals surface area contributed by atoms with Crippen molar-refractivity contribution in [3.63, 3.8) is 0 Å². The van der Waals surface area contributed by atoms with Crippen LogP contribution < -0.4 is 0 Å². The number of aromatic nitrogens is 1. The maximum atomic E-state index is 13.7. The van der Waals surface area contributed by atoms with Crippen LogP contribution in [0.2, 0.25) is 0 Å². The summed E-state index contributed by atoms with van der Waals surface area (Å²) in [6.45, 7) is 0.618. The highest BCUT2D eigenvalue weighted by molar-refractivity contribution is 7.91. The molecule has 4 rings (SSSR count). The highest BCUT2D eigenvalue weighted by atomic mass is 32.2. The predicted octanol–water partition coefficient (Wildman–Crippen LogP) is 4.44. The monoisotopic (exact) mass is 420 g/mol. The Morgan fingerprint density at radius 2 is 1.83 bits per heavy atom. The molecule has 1 aliphatic heterocycles. The zero-order valence-corrected chi connectivity index (χ0v) is 16.3. The van der Waals surface area contributed by atoms with Gasteiger partial charge in [-0.2, -0.15) is 0 Å². The van der Waals surface area contributed by atoms with Crippen molar-refractivity contribution in [3.05, 3.63) is 66.1 Å². The second kappa shape index (κ2) is 7.42. The maximum absolute atomic E-state index is 13.7. The highest BCUT2D eigenvalue weighted by Crippen LogP contribution is 2.29. The quantitative estimate of drug-likeness (QED) is 0.586. The van der Waals surface area contributed by atoms with Crippen LogP contribution in [-0.2, 0) is 16.4 Å². The molecule has 0 aliphatic carbocycles. The number of nitrogens with zero attached hydrogens (tertiary/aromatic N) is 2. The summed E-state index contributed by atoms with van der Waals surface area (Å²) < 4.78 is 66.1. The van der Waals surface area contributed by atoms with Gasteiger partial charge >= 0.3 is 0 Å². The largest absolute Gasteiger partial charge is 0.293 e. The third-order valence-electron chi connectivity index (χ3n) is 5.07. The Labute approximate surface area is 166 Å². The molecule has 0 amide bonds. The van der Waals surface area contributed by atoms with Gasteiger partial charge in [0.15, 0.2) is 0 Å². The normalized spacial score (nSPS) is 17.5. The van der Waals surface area contributed by atoms with E-state index >= 15 is 0 Å². The molecule has 1 aliphatic rings. The van der Waals surface area contributed by atoms with Gasteiger partial charge in [0.25, 0.3) is 5.92 Å². The van der Waals surface area contributed by atoms with Gasteiger partial charge in [0.2, 0.25) is 9.84 Å². The lowest BCUT2D eigenvalue weighted by Gasteiger charge is -2.32. The van der Waals surface area contributed by atoms with Crippen LogP contribution in [0.5, 0.6) is 0 Å². The third-order valence-corrected chi connectivity index (χ3v) is 6.81. The van der Waals surface area contributed by atoms with Crippen LogP contribution in [0.15, 0.2) is 64.5 Å². The molecule has 0 N–H and O–H groups in total. The van der Waals surface area contributed by atoms with Gasteiger partial charge in [0.1, 0.15) is 5.82 Å². The van der Waals surface area contributed by atoms with Crippen molar-refractivity contribution in [2.24, 2.45) is 0 Å². The van der Waals surface area contributed by atoms with Crippen LogP contribution in [0, 0.1) is 5.82 Å². The van der Waals surface area contributed by atoms with Crippen molar-refractivity contribution in [2.45, 2.75) is 35.1 Å². The Bertz CT molecular complexity index is 1150. The summed E-state index contributed by atoms with van der Waals surface area (Å²) in [5.41, 5.74) is 1.35. The Kier molecular flexibility index (Phi) is 5.08. The van der Waals surface area contributed by atoms with Gasteiger partial charge in [0.05, 0.1) is 21.9 Å². The Morgan fingerprint density at radius 3 is 2.55 bits per heavy atom. The van der Waals surface area contributed by atoms with Crippen LogP contribution in [0.3, 0.4) is 0 Å². The minimum atomic E-state index is -3.84. The van der Waals surface area contributed by atoms with Gasteiger partial charge in [-0.3, -0.25) is 9.88 Å². The van der Waals surface area contributed by atoms with Crippen LogP contribution >= 0.6 is 0 Å². The standard InChI is InChI=1S/C21H19F3N2O2S/c22-17-5-7-18(8-6-17)29(27,28)19-11-15-3-1-4-16(20(15)25-12-19)13-26-10-2-9-21(23,24)14-26/h1,3-8,11-12H,2,9-10,13-14H2. The maximum Gasteiger partial charge on any atom is 0.260 e. The molecule has 0 saturated carbocycles. The molecule has 8 heteroatoms. The lowest BCUT2D eigenvalue weighted by atomic mass is 10.0. The van der Waals surface area contributed by atoms with Crippen LogP contribution in [0.1, 0.15) is 18.4 Å². The first-order valence-electron chi connectivity index (χ1n) is 9.23. The molecular formula is C21H19F3N2O2S. The highest BCUT2D eigenvalue weighted by Gasteiger charge is 2.35. The summed E-state index contributed by atoms with van der Waals surface area (Å²) in [4.78, 5) is 6.00. The Morgan fingerprint density at radius 1 is 1.07 bits per heavy atom. The van der Waals surface area contributed by atoms with Crippen molar-refractivity contribution in [1.29, 1.82) is 0 Å². The fourth-order valence-corrected chi connectivity index (χ4v) is 4.89. The first-order chi connectivity index (χ1) is 13.7. The van der Waals surface area contributed by atoms with Crippen molar-refractivity contribution in [2.75, 3.05) is 13.1 Å². The van der Waals surface area contributed by atoms with E-state index in [9.17, 15) is 21.6 Å². The zero-order valence-electron chi connectivity index (χ0n) is 15.5. The van der Waals surface area contributed by atoms with E-state index in [2.05, 4.69) is 4.98 Å². The molecular weight excluding hydrogens is 401 g/mol. The average molecular weight is 420 g/mol. The lowest BCUT2D eigenvalue weighted by Crippen LogP contribution is -2.42. The number of hydrogen-bond acceptors (Lipinski definition) is 4. The fraction of sp³-hybridized carbons (Fsp3) is 0.286. The van der Waals surface area contributed by atoms with E-state index in [1.807, 2.05) is 6.07 Å². The molecule has 0 spiro atoms. The summed E-state index contributed by atoms with van der Waals surface area (Å²) in [5, 5.41) is 0.606. The van der Waals surface area contributed by atoms with E-state index < -0.39 is 21.6 Å². The molecule has 2 aromatic carbocycles. The van der Waals surface area contributed by atoms with Gasteiger partial charge in [0, 0.05) is 24.5 Å². The summed E-state index contributed by atoms with van der Waals surface area (Å²) >= 11 is 0. The summed E-state index contributed by atoms with van der Waals surface area (Å²) in [7, 11) is -3.84. The Hall–Kier alpha value is -2.45. The SMILES string of the molecule is O=S(=O)(c1ccc(F)cc1)c1cnc2c(CN3CCCC(F)(F)C3)cccc2c1. The van der Waals surface area contributed by atoms with Gasteiger partial charge in [-0.25, -0.2) is 21.6 Å². The van der Waals surface area contributed by atoms with E-state index in [0.29, 0.717) is 30.4 Å². The number of piperidine rings is 1. The number of para-hydroxylation sites is 1. The number of rotatable bonds is 4. The van der Waals surface area contributed by atoms with Gasteiger partial charge in [-0.05, 0) is 48.9 Å². The third kappa shape index (κ3) is 4.13. The van der Waals surface area contributed by atoms with Crippen molar-refractivity contribution < 1.29 is 21.6 Å². The number of fused-ring (bicyclic) bond motifs is 1. The lowest BCUT2D eigenvalue weighted by molar-refractivity contribution is -0.0660. The molecule has 29 heavy (non-hydrogen) atoms. The average Bonchev–Trinajstić information content (AvgIpc) is 2.67. The molecule has 2 heterocycles. The Balaban J connectivity index is 1.66. The number of pyridine rings is 1. The summed E-state index contributed by atoms with van der Waals surface area (Å²) in [6.07, 6.45) is 1.60. The van der Waals surface area contributed by atoms with E-state index in [0.717, 1.165) is 17.7 Å². The van der Waals surface area contributed by atoms with Crippen LogP contribution in [0.4, 0.5) is 13.2 Å². The van der Waals surface area contributed by atoms with Crippen LogP contribution in [0.25, 0.3) is 10.9 Å². The van der Waals surface area contributed by atoms with Gasteiger partial charge in [-0.15, -0.1) is 0 Å². The molecule has 152 valence electrons. The number of hydrogen-bond donors (Lipinski definition) is 0. The number of halogens is 3. The van der Waals surface area contributed by atoms with Crippen molar-refractivity contribution in [3.8, 4) is 0 Å². The molecule has 1 fully saturated rings. The van der Waals surface area contributed by atoms with Crippen molar-refractivity contribution >= 4 is 20.7 Å². The summed E-state index contributed by atoms with van der Waals surface area (Å²) in [5.74, 6) is -3.21. The molecule has 0 atom stereocenters. The molecule has 0 bridgehead atoms. The first kappa shape index (κ1) is 19.8. The second-order valence-corrected chi connectivity index (χ2v) is 9.24. The van der Waals surface area contributed by atoms with Crippen molar-refractivity contribution in [1.82, 2.24) is 9.88 Å². The minimum Gasteiger partial charge on any atom is -0.293 e. The fourth-order valence-electron chi connectivity index (χ4n) is 3.65. The number of likely N-dealkylation sites (tertiary alicyclic amines) is 1. The van der Waals surface area contributed by atoms with E-state index in [4.69, 9.17) is 0 Å². The minimum absolute atomic E-state index is 0.00161. The molecule has 4 nitrogen and oxygen atoms in total. The molecule has 3 aromatic rings. The topological polar surface area (TPSA) is 50.3 Å². The second-order valence-electron chi connectivity index (χ2n) is 7.29. The molecule has 0 unspecified atom stereocenters. The molecule has 1 saturated heterocycles. The molecule has 1 aromatic heterocycles. The molecule has 0 radical (unpaired) electrons. The van der Waals surface area contributed by atoms with E-state index in [1.54, 1.807) is 17.0 Å². The van der Waals surface area contributed by atoms with E-state index in [-0.39, 0.29) is 22.8 Å². The first-order valence-corrected chi connectivity index (χ1v) is 10.7. The van der Waals surface area contributed by atoms with Gasteiger partial charge < -0.3 is 0 Å². The number of sulfone groups is 1. The smallest absolute Gasteiger partial charge is 0.260 e. The number of alkyl halides is 2. The van der Waals surface area contributed by atoms with Crippen LogP contribution in [-0.4, -0.2) is 37.3 Å². The van der Waals surface area contributed by atoms with Gasteiger partial charge in [-0.1, -0.05) is 18.2 Å². The van der Waals surface area contributed by atoms with E-state index in [1.165, 1.54) is 24.4 Å². The summed E-state index contributed by atoms with van der Waals surface area (Å²) in [6, 6.07) is 11.4. The number of benzene rings is 2. The predicted molar refractivity (Wildman–Crippen MR) is 103 cm³/mol. The zero-order chi connectivity index (χ0) is 20.6.